The van der Waals surface area contributed by atoms with Crippen molar-refractivity contribution in [1.29, 1.82) is 0 Å². The number of carbonyl (C=O) groups is 2. The molecule has 0 aliphatic rings. The summed E-state index contributed by atoms with van der Waals surface area (Å²) in [6.07, 6.45) is 4.65. The summed E-state index contributed by atoms with van der Waals surface area (Å²) in [5, 5.41) is 14.8. The minimum Gasteiger partial charge on any atom is -0.481 e. The number of carboxylic acids is 2. The van der Waals surface area contributed by atoms with Crippen LogP contribution in [0.5, 0.6) is 0 Å². The molecule has 0 radical (unpaired) electrons. The van der Waals surface area contributed by atoms with Crippen molar-refractivity contribution in [2.45, 2.75) is 53.4 Å². The van der Waals surface area contributed by atoms with Crippen molar-refractivity contribution >= 4 is 11.9 Å². The molecule has 0 aliphatic carbocycles. The van der Waals surface area contributed by atoms with Crippen LogP contribution in [0.2, 0.25) is 0 Å². The highest BCUT2D eigenvalue weighted by molar-refractivity contribution is 5.63. The molecule has 7 nitrogen and oxygen atoms in total. The smallest absolute Gasteiger partial charge is 0.300 e. The van der Waals surface area contributed by atoms with E-state index in [0.717, 1.165) is 39.9 Å². The lowest BCUT2D eigenvalue weighted by molar-refractivity contribution is -0.135. The van der Waals surface area contributed by atoms with E-state index in [-0.39, 0.29) is 0 Å². The Morgan fingerprint density at radius 1 is 0.652 bits per heavy atom. The van der Waals surface area contributed by atoms with Crippen LogP contribution in [0.1, 0.15) is 53.4 Å². The third kappa shape index (κ3) is 63.0. The minimum atomic E-state index is -0.833. The average Bonchev–Trinajstić information content (AvgIpc) is 2.43. The maximum absolute atomic E-state index is 9.00. The molecule has 0 bridgehead atoms. The van der Waals surface area contributed by atoms with Crippen molar-refractivity contribution in [2.75, 3.05) is 39.6 Å². The van der Waals surface area contributed by atoms with E-state index in [1.807, 2.05) is 0 Å². The fourth-order valence-electron chi connectivity index (χ4n) is 1.03. The first-order valence-electron chi connectivity index (χ1n) is 8.00. The lowest BCUT2D eigenvalue weighted by Gasteiger charge is -2.06. The van der Waals surface area contributed by atoms with Crippen LogP contribution in [0, 0.1) is 0 Å². The molecule has 0 fully saturated rings. The molecule has 0 saturated heterocycles. The van der Waals surface area contributed by atoms with Gasteiger partial charge in [0.25, 0.3) is 11.9 Å². The summed E-state index contributed by atoms with van der Waals surface area (Å²) < 4.78 is 16.1. The molecule has 7 heteroatoms. The molecular weight excluding hydrogens is 304 g/mol. The Hall–Kier alpha value is -1.18. The number of unbranched alkanes of at least 4 members (excludes halogenated alkanes) is 2. The molecule has 0 saturated carbocycles. The fraction of sp³-hybridized carbons (Fsp3) is 0.875. The molecule has 0 aromatic heterocycles. The number of hydrogen-bond donors (Lipinski definition) is 2. The van der Waals surface area contributed by atoms with Gasteiger partial charge in [0.1, 0.15) is 0 Å². The number of hydrogen-bond acceptors (Lipinski definition) is 5. The highest BCUT2D eigenvalue weighted by Gasteiger charge is 1.91. The minimum absolute atomic E-state index is 0.681. The second-order valence-corrected chi connectivity index (χ2v) is 4.58. The van der Waals surface area contributed by atoms with Gasteiger partial charge < -0.3 is 24.4 Å². The summed E-state index contributed by atoms with van der Waals surface area (Å²) >= 11 is 0. The third-order valence-electron chi connectivity index (χ3n) is 2.03. The van der Waals surface area contributed by atoms with Gasteiger partial charge in [0.05, 0.1) is 26.4 Å². The third-order valence-corrected chi connectivity index (χ3v) is 2.03. The van der Waals surface area contributed by atoms with Crippen LogP contribution in [-0.4, -0.2) is 61.8 Å². The maximum atomic E-state index is 9.00. The Labute approximate surface area is 139 Å². The second kappa shape index (κ2) is 25.8. The standard InChI is InChI=1S/C12H26O3.2C2H4O2/c1-3-5-7-13-9-11-15-12-10-14-8-6-4-2;2*1-2(3)4/h3-12H2,1-2H3;2*1H3,(H,3,4). The largest absolute Gasteiger partial charge is 0.481 e. The molecular formula is C16H34O7. The molecule has 0 rings (SSSR count). The highest BCUT2D eigenvalue weighted by Crippen LogP contribution is 1.89. The Balaban J connectivity index is -0.000000413. The van der Waals surface area contributed by atoms with Gasteiger partial charge in [-0.15, -0.1) is 0 Å². The van der Waals surface area contributed by atoms with Crippen LogP contribution in [0.3, 0.4) is 0 Å². The molecule has 0 amide bonds. The first-order chi connectivity index (χ1) is 10.9. The SMILES string of the molecule is CC(=O)O.CC(=O)O.CCCCOCCOCCOCCCC. The Kier molecular flexibility index (Phi) is 29.9. The number of ether oxygens (including phenoxy) is 3. The van der Waals surface area contributed by atoms with Crippen LogP contribution in [0.4, 0.5) is 0 Å². The molecule has 0 unspecified atom stereocenters. The Morgan fingerprint density at radius 2 is 0.870 bits per heavy atom. The van der Waals surface area contributed by atoms with Gasteiger partial charge in [0, 0.05) is 27.1 Å². The lowest BCUT2D eigenvalue weighted by atomic mass is 10.4. The van der Waals surface area contributed by atoms with Crippen LogP contribution in [-0.2, 0) is 23.8 Å². The molecule has 0 aliphatic heterocycles. The predicted molar refractivity (Wildman–Crippen MR) is 88.9 cm³/mol. The summed E-state index contributed by atoms with van der Waals surface area (Å²) in [6, 6.07) is 0. The zero-order valence-corrected chi connectivity index (χ0v) is 15.0. The van der Waals surface area contributed by atoms with Gasteiger partial charge in [0.2, 0.25) is 0 Å². The van der Waals surface area contributed by atoms with Gasteiger partial charge in [0.15, 0.2) is 0 Å². The monoisotopic (exact) mass is 338 g/mol. The molecule has 0 heterocycles. The van der Waals surface area contributed by atoms with E-state index in [1.165, 1.54) is 12.8 Å². The van der Waals surface area contributed by atoms with E-state index in [2.05, 4.69) is 13.8 Å². The van der Waals surface area contributed by atoms with Gasteiger partial charge in [-0.1, -0.05) is 26.7 Å². The molecule has 0 aromatic carbocycles. The first-order valence-corrected chi connectivity index (χ1v) is 8.00. The van der Waals surface area contributed by atoms with Crippen molar-refractivity contribution < 1.29 is 34.0 Å². The van der Waals surface area contributed by atoms with E-state index >= 15 is 0 Å². The highest BCUT2D eigenvalue weighted by atomic mass is 16.5. The van der Waals surface area contributed by atoms with Crippen molar-refractivity contribution in [3.8, 4) is 0 Å². The normalized spacial score (nSPS) is 9.22. The quantitative estimate of drug-likeness (QED) is 0.527. The number of aliphatic carboxylic acids is 2. The fourth-order valence-corrected chi connectivity index (χ4v) is 1.03. The molecule has 0 aromatic rings. The lowest BCUT2D eigenvalue weighted by Crippen LogP contribution is -2.10. The Morgan fingerprint density at radius 3 is 1.09 bits per heavy atom. The van der Waals surface area contributed by atoms with Crippen molar-refractivity contribution in [3.05, 3.63) is 0 Å². The summed E-state index contributed by atoms with van der Waals surface area (Å²) in [5.41, 5.74) is 0. The summed E-state index contributed by atoms with van der Waals surface area (Å²) in [7, 11) is 0. The van der Waals surface area contributed by atoms with Crippen LogP contribution >= 0.6 is 0 Å². The maximum Gasteiger partial charge on any atom is 0.300 e. The zero-order chi connectivity index (χ0) is 18.3. The average molecular weight is 338 g/mol. The molecule has 140 valence electrons. The van der Waals surface area contributed by atoms with E-state index < -0.39 is 11.9 Å². The predicted octanol–water partition coefficient (Wildman–Crippen LogP) is 2.82. The number of rotatable bonds is 12. The summed E-state index contributed by atoms with van der Waals surface area (Å²) in [4.78, 5) is 18.0. The Bertz CT molecular complexity index is 213. The van der Waals surface area contributed by atoms with Crippen LogP contribution in [0.25, 0.3) is 0 Å². The van der Waals surface area contributed by atoms with Gasteiger partial charge in [-0.05, 0) is 12.8 Å². The van der Waals surface area contributed by atoms with Gasteiger partial charge >= 0.3 is 0 Å². The second-order valence-electron chi connectivity index (χ2n) is 4.58. The van der Waals surface area contributed by atoms with Crippen LogP contribution < -0.4 is 0 Å². The molecule has 0 atom stereocenters. The van der Waals surface area contributed by atoms with E-state index in [1.54, 1.807) is 0 Å². The van der Waals surface area contributed by atoms with E-state index in [9.17, 15) is 0 Å². The zero-order valence-electron chi connectivity index (χ0n) is 15.0. The van der Waals surface area contributed by atoms with Crippen molar-refractivity contribution in [2.24, 2.45) is 0 Å². The molecule has 23 heavy (non-hydrogen) atoms. The van der Waals surface area contributed by atoms with Crippen molar-refractivity contribution in [1.82, 2.24) is 0 Å². The van der Waals surface area contributed by atoms with Gasteiger partial charge in [-0.25, -0.2) is 0 Å². The van der Waals surface area contributed by atoms with Crippen LogP contribution in [0.15, 0.2) is 0 Å². The number of carboxylic acid groups (broad SMARTS) is 2. The topological polar surface area (TPSA) is 102 Å². The van der Waals surface area contributed by atoms with Crippen molar-refractivity contribution in [3.63, 3.8) is 0 Å². The summed E-state index contributed by atoms with van der Waals surface area (Å²) in [6.45, 7) is 11.0. The molecule has 0 spiro atoms. The van der Waals surface area contributed by atoms with Gasteiger partial charge in [-0.2, -0.15) is 0 Å². The van der Waals surface area contributed by atoms with Gasteiger partial charge in [-0.3, -0.25) is 9.59 Å². The molecule has 2 N–H and O–H groups in total. The summed E-state index contributed by atoms with van der Waals surface area (Å²) in [5.74, 6) is -1.67. The van der Waals surface area contributed by atoms with E-state index in [4.69, 9.17) is 34.0 Å². The first kappa shape index (κ1) is 26.7. The van der Waals surface area contributed by atoms with E-state index in [0.29, 0.717) is 26.4 Å².